The SMILES string of the molecule is COc1ccc(CC2COc3cc(OC)c(OC)cc3C2=O)cc1. The fourth-order valence-corrected chi connectivity index (χ4v) is 2.86. The molecule has 1 unspecified atom stereocenters. The van der Waals surface area contributed by atoms with Gasteiger partial charge in [0.15, 0.2) is 17.3 Å². The van der Waals surface area contributed by atoms with Crippen LogP contribution < -0.4 is 18.9 Å². The van der Waals surface area contributed by atoms with E-state index in [1.807, 2.05) is 24.3 Å². The minimum atomic E-state index is -0.219. The highest BCUT2D eigenvalue weighted by atomic mass is 16.5. The van der Waals surface area contributed by atoms with Crippen molar-refractivity contribution in [3.63, 3.8) is 0 Å². The van der Waals surface area contributed by atoms with Gasteiger partial charge < -0.3 is 18.9 Å². The molecule has 24 heavy (non-hydrogen) atoms. The van der Waals surface area contributed by atoms with Crippen LogP contribution in [0.15, 0.2) is 36.4 Å². The van der Waals surface area contributed by atoms with Crippen LogP contribution in [0.25, 0.3) is 0 Å². The number of carbonyl (C=O) groups excluding carboxylic acids is 1. The number of Topliss-reactive ketones (excluding diaryl/α,β-unsaturated/α-hetero) is 1. The van der Waals surface area contributed by atoms with Gasteiger partial charge in [0, 0.05) is 6.07 Å². The molecule has 0 N–H and O–H groups in total. The second kappa shape index (κ2) is 6.83. The highest BCUT2D eigenvalue weighted by molar-refractivity contribution is 6.02. The summed E-state index contributed by atoms with van der Waals surface area (Å²) in [6, 6.07) is 11.1. The van der Waals surface area contributed by atoms with Gasteiger partial charge in [-0.15, -0.1) is 0 Å². The summed E-state index contributed by atoms with van der Waals surface area (Å²) < 4.78 is 21.5. The molecule has 3 rings (SSSR count). The Labute approximate surface area is 141 Å². The molecule has 0 radical (unpaired) electrons. The van der Waals surface area contributed by atoms with E-state index in [2.05, 4.69) is 0 Å². The van der Waals surface area contributed by atoms with Crippen molar-refractivity contribution < 1.29 is 23.7 Å². The van der Waals surface area contributed by atoms with Gasteiger partial charge in [-0.05, 0) is 30.2 Å². The lowest BCUT2D eigenvalue weighted by Crippen LogP contribution is -2.29. The van der Waals surface area contributed by atoms with Crippen LogP contribution in [0.1, 0.15) is 15.9 Å². The van der Waals surface area contributed by atoms with Crippen LogP contribution in [0.2, 0.25) is 0 Å². The van der Waals surface area contributed by atoms with Crippen molar-refractivity contribution in [3.05, 3.63) is 47.5 Å². The van der Waals surface area contributed by atoms with E-state index in [4.69, 9.17) is 18.9 Å². The maximum atomic E-state index is 12.8. The zero-order chi connectivity index (χ0) is 17.1. The maximum Gasteiger partial charge on any atom is 0.173 e. The third-order valence-electron chi connectivity index (χ3n) is 4.20. The van der Waals surface area contributed by atoms with E-state index in [1.165, 1.54) is 0 Å². The number of hydrogen-bond donors (Lipinski definition) is 0. The zero-order valence-electron chi connectivity index (χ0n) is 14.0. The van der Waals surface area contributed by atoms with Gasteiger partial charge in [-0.3, -0.25) is 4.79 Å². The number of ketones is 1. The molecule has 0 spiro atoms. The quantitative estimate of drug-likeness (QED) is 0.844. The van der Waals surface area contributed by atoms with Crippen LogP contribution in [0.4, 0.5) is 0 Å². The smallest absolute Gasteiger partial charge is 0.173 e. The maximum absolute atomic E-state index is 12.8. The van der Waals surface area contributed by atoms with Crippen molar-refractivity contribution >= 4 is 5.78 Å². The number of rotatable bonds is 5. The molecule has 0 aromatic heterocycles. The van der Waals surface area contributed by atoms with Crippen molar-refractivity contribution in [3.8, 4) is 23.0 Å². The monoisotopic (exact) mass is 328 g/mol. The molecule has 0 fully saturated rings. The van der Waals surface area contributed by atoms with Crippen molar-refractivity contribution in [1.29, 1.82) is 0 Å². The lowest BCUT2D eigenvalue weighted by Gasteiger charge is -2.25. The number of benzene rings is 2. The van der Waals surface area contributed by atoms with Crippen LogP contribution in [-0.4, -0.2) is 33.7 Å². The lowest BCUT2D eigenvalue weighted by molar-refractivity contribution is 0.0829. The molecular formula is C19H20O5. The fraction of sp³-hybridized carbons (Fsp3) is 0.316. The average molecular weight is 328 g/mol. The molecule has 5 nitrogen and oxygen atoms in total. The van der Waals surface area contributed by atoms with Crippen molar-refractivity contribution in [2.24, 2.45) is 5.92 Å². The minimum absolute atomic E-state index is 0.0630. The Bertz CT molecular complexity index is 736. The van der Waals surface area contributed by atoms with Gasteiger partial charge in [-0.25, -0.2) is 0 Å². The summed E-state index contributed by atoms with van der Waals surface area (Å²) in [6.45, 7) is 0.355. The first kappa shape index (κ1) is 16.2. The van der Waals surface area contributed by atoms with E-state index in [0.29, 0.717) is 35.8 Å². The Morgan fingerprint density at radius 2 is 1.67 bits per heavy atom. The number of carbonyl (C=O) groups is 1. The topological polar surface area (TPSA) is 54.0 Å². The van der Waals surface area contributed by atoms with Gasteiger partial charge in [-0.1, -0.05) is 12.1 Å². The summed E-state index contributed by atoms with van der Waals surface area (Å²) in [5.41, 5.74) is 1.61. The Hall–Kier alpha value is -2.69. The van der Waals surface area contributed by atoms with Crippen LogP contribution >= 0.6 is 0 Å². The third-order valence-corrected chi connectivity index (χ3v) is 4.20. The normalized spacial score (nSPS) is 16.1. The second-order valence-electron chi connectivity index (χ2n) is 5.63. The standard InChI is InChI=1S/C19H20O5/c1-21-14-6-4-12(5-7-14)8-13-11-24-16-10-18(23-3)17(22-2)9-15(16)19(13)20/h4-7,9-10,13H,8,11H2,1-3H3. The van der Waals surface area contributed by atoms with E-state index in [1.54, 1.807) is 33.5 Å². The molecule has 1 aliphatic heterocycles. The molecule has 0 aliphatic carbocycles. The van der Waals surface area contributed by atoms with Gasteiger partial charge in [-0.2, -0.15) is 0 Å². The largest absolute Gasteiger partial charge is 0.497 e. The minimum Gasteiger partial charge on any atom is -0.497 e. The first-order chi connectivity index (χ1) is 11.7. The average Bonchev–Trinajstić information content (AvgIpc) is 2.63. The summed E-state index contributed by atoms with van der Waals surface area (Å²) in [4.78, 5) is 12.8. The number of ether oxygens (including phenoxy) is 4. The van der Waals surface area contributed by atoms with E-state index in [9.17, 15) is 4.79 Å². The molecule has 0 saturated carbocycles. The molecular weight excluding hydrogens is 308 g/mol. The van der Waals surface area contributed by atoms with E-state index in [-0.39, 0.29) is 11.7 Å². The van der Waals surface area contributed by atoms with Crippen molar-refractivity contribution in [1.82, 2.24) is 0 Å². The summed E-state index contributed by atoms with van der Waals surface area (Å²) in [7, 11) is 4.74. The molecule has 1 aliphatic rings. The van der Waals surface area contributed by atoms with Gasteiger partial charge in [0.05, 0.1) is 39.4 Å². The first-order valence-corrected chi connectivity index (χ1v) is 7.72. The highest BCUT2D eigenvalue weighted by Gasteiger charge is 2.30. The molecule has 0 bridgehead atoms. The Morgan fingerprint density at radius 3 is 2.29 bits per heavy atom. The molecule has 0 saturated heterocycles. The molecule has 1 atom stereocenters. The van der Waals surface area contributed by atoms with Crippen LogP contribution in [0.3, 0.4) is 0 Å². The molecule has 1 heterocycles. The molecule has 2 aromatic carbocycles. The van der Waals surface area contributed by atoms with Crippen molar-refractivity contribution in [2.45, 2.75) is 6.42 Å². The van der Waals surface area contributed by atoms with E-state index < -0.39 is 0 Å². The van der Waals surface area contributed by atoms with Gasteiger partial charge in [0.25, 0.3) is 0 Å². The van der Waals surface area contributed by atoms with E-state index >= 15 is 0 Å². The summed E-state index contributed by atoms with van der Waals surface area (Å²) in [6.07, 6.45) is 0.622. The zero-order valence-corrected chi connectivity index (χ0v) is 14.0. The predicted molar refractivity (Wildman–Crippen MR) is 89.6 cm³/mol. The third kappa shape index (κ3) is 3.02. The molecule has 0 amide bonds. The molecule has 5 heteroatoms. The Morgan fingerprint density at radius 1 is 1.00 bits per heavy atom. The Kier molecular flexibility index (Phi) is 4.60. The first-order valence-electron chi connectivity index (χ1n) is 7.72. The molecule has 126 valence electrons. The van der Waals surface area contributed by atoms with Gasteiger partial charge in [0.2, 0.25) is 0 Å². The van der Waals surface area contributed by atoms with Crippen molar-refractivity contribution in [2.75, 3.05) is 27.9 Å². The number of hydrogen-bond acceptors (Lipinski definition) is 5. The van der Waals surface area contributed by atoms with Gasteiger partial charge in [0.1, 0.15) is 11.5 Å². The van der Waals surface area contributed by atoms with Crippen LogP contribution in [0, 0.1) is 5.92 Å². The summed E-state index contributed by atoms with van der Waals surface area (Å²) in [5.74, 6) is 2.27. The fourth-order valence-electron chi connectivity index (χ4n) is 2.86. The van der Waals surface area contributed by atoms with Crippen LogP contribution in [-0.2, 0) is 6.42 Å². The van der Waals surface area contributed by atoms with E-state index in [0.717, 1.165) is 11.3 Å². The highest BCUT2D eigenvalue weighted by Crippen LogP contribution is 2.38. The van der Waals surface area contributed by atoms with Crippen LogP contribution in [0.5, 0.6) is 23.0 Å². The number of fused-ring (bicyclic) bond motifs is 1. The molecule has 2 aromatic rings. The lowest BCUT2D eigenvalue weighted by atomic mass is 9.89. The number of methoxy groups -OCH3 is 3. The van der Waals surface area contributed by atoms with Gasteiger partial charge >= 0.3 is 0 Å². The summed E-state index contributed by atoms with van der Waals surface area (Å²) in [5, 5.41) is 0. The predicted octanol–water partition coefficient (Wildman–Crippen LogP) is 3.15. The second-order valence-corrected chi connectivity index (χ2v) is 5.63. The Balaban J connectivity index is 1.83. The summed E-state index contributed by atoms with van der Waals surface area (Å²) >= 11 is 0.